The van der Waals surface area contributed by atoms with Crippen molar-refractivity contribution in [2.24, 2.45) is 5.73 Å². The molecule has 0 spiro atoms. The van der Waals surface area contributed by atoms with Gasteiger partial charge in [0.25, 0.3) is 0 Å². The van der Waals surface area contributed by atoms with Gasteiger partial charge in [-0.1, -0.05) is 12.8 Å². The van der Waals surface area contributed by atoms with E-state index in [0.717, 1.165) is 25.0 Å². The predicted octanol–water partition coefficient (Wildman–Crippen LogP) is 1.52. The van der Waals surface area contributed by atoms with Gasteiger partial charge in [-0.3, -0.25) is 4.79 Å². The van der Waals surface area contributed by atoms with Gasteiger partial charge in [-0.15, -0.1) is 11.8 Å². The van der Waals surface area contributed by atoms with Crippen LogP contribution in [0.5, 0.6) is 0 Å². The van der Waals surface area contributed by atoms with E-state index in [9.17, 15) is 4.79 Å². The second-order valence-electron chi connectivity index (χ2n) is 4.15. The second kappa shape index (κ2) is 7.12. The summed E-state index contributed by atoms with van der Waals surface area (Å²) in [6, 6.07) is 0.440. The lowest BCUT2D eigenvalue weighted by molar-refractivity contribution is -0.120. The van der Waals surface area contributed by atoms with Gasteiger partial charge in [0.1, 0.15) is 0 Å². The third kappa shape index (κ3) is 4.89. The highest BCUT2D eigenvalue weighted by molar-refractivity contribution is 8.00. The van der Waals surface area contributed by atoms with E-state index in [2.05, 4.69) is 5.32 Å². The molecule has 1 unspecified atom stereocenters. The Labute approximate surface area is 96.6 Å². The third-order valence-corrected chi connectivity index (χ3v) is 4.03. The normalized spacial score (nSPS) is 19.1. The fourth-order valence-corrected chi connectivity index (χ4v) is 2.71. The molecule has 1 aliphatic rings. The molecule has 1 fully saturated rings. The molecule has 1 atom stereocenters. The molecule has 0 heterocycles. The first kappa shape index (κ1) is 12.8. The zero-order valence-electron chi connectivity index (χ0n) is 9.50. The van der Waals surface area contributed by atoms with Crippen molar-refractivity contribution in [2.45, 2.75) is 50.3 Å². The molecule has 0 bridgehead atoms. The summed E-state index contributed by atoms with van der Waals surface area (Å²) >= 11 is 1.70. The SMILES string of the molecule is CC(SCCCN)C(=O)NC1CCCC1. The Balaban J connectivity index is 2.14. The standard InChI is InChI=1S/C11H22N2OS/c1-9(15-8-4-7-12)11(14)13-10-5-2-3-6-10/h9-10H,2-8,12H2,1H3,(H,13,14). The minimum Gasteiger partial charge on any atom is -0.352 e. The van der Waals surface area contributed by atoms with E-state index >= 15 is 0 Å². The van der Waals surface area contributed by atoms with Crippen molar-refractivity contribution in [3.63, 3.8) is 0 Å². The Morgan fingerprint density at radius 3 is 2.80 bits per heavy atom. The van der Waals surface area contributed by atoms with E-state index < -0.39 is 0 Å². The number of carbonyl (C=O) groups excluding carboxylic acids is 1. The molecule has 1 amide bonds. The van der Waals surface area contributed by atoms with Crippen LogP contribution >= 0.6 is 11.8 Å². The van der Waals surface area contributed by atoms with Crippen molar-refractivity contribution in [1.82, 2.24) is 5.32 Å². The molecule has 0 aromatic heterocycles. The van der Waals surface area contributed by atoms with Gasteiger partial charge in [-0.05, 0) is 38.5 Å². The fraction of sp³-hybridized carbons (Fsp3) is 0.909. The predicted molar refractivity (Wildman–Crippen MR) is 66.0 cm³/mol. The van der Waals surface area contributed by atoms with E-state index in [1.807, 2.05) is 6.92 Å². The van der Waals surface area contributed by atoms with Crippen LogP contribution in [0.4, 0.5) is 0 Å². The molecule has 15 heavy (non-hydrogen) atoms. The highest BCUT2D eigenvalue weighted by Gasteiger charge is 2.20. The Hall–Kier alpha value is -0.220. The van der Waals surface area contributed by atoms with E-state index in [4.69, 9.17) is 5.73 Å². The number of hydrogen-bond acceptors (Lipinski definition) is 3. The molecule has 88 valence electrons. The maximum atomic E-state index is 11.7. The van der Waals surface area contributed by atoms with Gasteiger partial charge in [-0.2, -0.15) is 0 Å². The fourth-order valence-electron chi connectivity index (χ4n) is 1.81. The topological polar surface area (TPSA) is 55.1 Å². The van der Waals surface area contributed by atoms with Crippen molar-refractivity contribution < 1.29 is 4.79 Å². The van der Waals surface area contributed by atoms with Crippen LogP contribution in [0.2, 0.25) is 0 Å². The summed E-state index contributed by atoms with van der Waals surface area (Å²) in [7, 11) is 0. The van der Waals surface area contributed by atoms with Crippen LogP contribution in [-0.2, 0) is 4.79 Å². The van der Waals surface area contributed by atoms with Crippen LogP contribution < -0.4 is 11.1 Å². The Morgan fingerprint density at radius 1 is 1.53 bits per heavy atom. The van der Waals surface area contributed by atoms with E-state index in [1.54, 1.807) is 11.8 Å². The number of nitrogens with one attached hydrogen (secondary N) is 1. The summed E-state index contributed by atoms with van der Waals surface area (Å²) in [5.41, 5.74) is 5.41. The van der Waals surface area contributed by atoms with Crippen molar-refractivity contribution in [3.05, 3.63) is 0 Å². The Bertz CT molecular complexity index is 193. The van der Waals surface area contributed by atoms with Gasteiger partial charge in [0.2, 0.25) is 5.91 Å². The minimum atomic E-state index is 0.0668. The lowest BCUT2D eigenvalue weighted by atomic mass is 10.2. The van der Waals surface area contributed by atoms with Crippen molar-refractivity contribution in [2.75, 3.05) is 12.3 Å². The number of amides is 1. The molecule has 0 aromatic rings. The molecule has 0 aromatic carbocycles. The van der Waals surface area contributed by atoms with Gasteiger partial charge in [0.05, 0.1) is 5.25 Å². The van der Waals surface area contributed by atoms with Gasteiger partial charge in [0, 0.05) is 6.04 Å². The van der Waals surface area contributed by atoms with Crippen LogP contribution in [-0.4, -0.2) is 29.5 Å². The summed E-state index contributed by atoms with van der Waals surface area (Å²) in [6.45, 7) is 2.69. The molecule has 4 heteroatoms. The minimum absolute atomic E-state index is 0.0668. The maximum Gasteiger partial charge on any atom is 0.233 e. The van der Waals surface area contributed by atoms with Gasteiger partial charge in [0.15, 0.2) is 0 Å². The van der Waals surface area contributed by atoms with Crippen LogP contribution in [0.25, 0.3) is 0 Å². The largest absolute Gasteiger partial charge is 0.352 e. The first-order valence-corrected chi connectivity index (χ1v) is 6.91. The summed E-state index contributed by atoms with van der Waals surface area (Å²) in [6.07, 6.45) is 5.84. The quantitative estimate of drug-likeness (QED) is 0.680. The summed E-state index contributed by atoms with van der Waals surface area (Å²) in [5, 5.41) is 3.18. The van der Waals surface area contributed by atoms with Crippen molar-refractivity contribution in [1.29, 1.82) is 0 Å². The first-order valence-electron chi connectivity index (χ1n) is 5.86. The third-order valence-electron chi connectivity index (χ3n) is 2.79. The molecule has 1 rings (SSSR count). The van der Waals surface area contributed by atoms with Crippen LogP contribution in [0, 0.1) is 0 Å². The summed E-state index contributed by atoms with van der Waals surface area (Å²) in [5.74, 6) is 1.18. The average molecular weight is 230 g/mol. The summed E-state index contributed by atoms with van der Waals surface area (Å²) in [4.78, 5) is 11.7. The molecular formula is C11H22N2OS. The number of rotatable bonds is 6. The highest BCUT2D eigenvalue weighted by Crippen LogP contribution is 2.19. The molecule has 0 saturated heterocycles. The summed E-state index contributed by atoms with van der Waals surface area (Å²) < 4.78 is 0. The van der Waals surface area contributed by atoms with Gasteiger partial charge >= 0.3 is 0 Å². The number of nitrogens with two attached hydrogens (primary N) is 1. The van der Waals surface area contributed by atoms with Gasteiger partial charge < -0.3 is 11.1 Å². The number of thioether (sulfide) groups is 1. The molecule has 0 aliphatic heterocycles. The van der Waals surface area contributed by atoms with E-state index in [0.29, 0.717) is 12.6 Å². The van der Waals surface area contributed by atoms with Crippen LogP contribution in [0.15, 0.2) is 0 Å². The Kier molecular flexibility index (Phi) is 6.10. The highest BCUT2D eigenvalue weighted by atomic mass is 32.2. The first-order chi connectivity index (χ1) is 7.24. The van der Waals surface area contributed by atoms with Crippen LogP contribution in [0.1, 0.15) is 39.0 Å². The van der Waals surface area contributed by atoms with Gasteiger partial charge in [-0.25, -0.2) is 0 Å². The van der Waals surface area contributed by atoms with Crippen LogP contribution in [0.3, 0.4) is 0 Å². The monoisotopic (exact) mass is 230 g/mol. The van der Waals surface area contributed by atoms with Crippen molar-refractivity contribution >= 4 is 17.7 Å². The maximum absolute atomic E-state index is 11.7. The number of hydrogen-bond donors (Lipinski definition) is 2. The molecule has 1 aliphatic carbocycles. The molecular weight excluding hydrogens is 208 g/mol. The second-order valence-corrected chi connectivity index (χ2v) is 5.59. The Morgan fingerprint density at radius 2 is 2.20 bits per heavy atom. The van der Waals surface area contributed by atoms with E-state index in [-0.39, 0.29) is 11.2 Å². The molecule has 3 nitrogen and oxygen atoms in total. The molecule has 1 saturated carbocycles. The molecule has 0 radical (unpaired) electrons. The lowest BCUT2D eigenvalue weighted by Gasteiger charge is -2.16. The number of carbonyl (C=O) groups is 1. The average Bonchev–Trinajstić information content (AvgIpc) is 2.70. The molecule has 3 N–H and O–H groups in total. The zero-order valence-corrected chi connectivity index (χ0v) is 10.3. The van der Waals surface area contributed by atoms with E-state index in [1.165, 1.54) is 12.8 Å². The lowest BCUT2D eigenvalue weighted by Crippen LogP contribution is -2.37. The van der Waals surface area contributed by atoms with Crippen molar-refractivity contribution in [3.8, 4) is 0 Å². The smallest absolute Gasteiger partial charge is 0.233 e. The zero-order chi connectivity index (χ0) is 11.1.